The number of aromatic amines is 1. The summed E-state index contributed by atoms with van der Waals surface area (Å²) >= 11 is 0. The van der Waals surface area contributed by atoms with E-state index in [2.05, 4.69) is 20.3 Å². The Balaban J connectivity index is 2.09. The minimum Gasteiger partial charge on any atom is -0.349 e. The first-order valence-corrected chi connectivity index (χ1v) is 4.61. The van der Waals surface area contributed by atoms with Crippen molar-refractivity contribution in [3.63, 3.8) is 0 Å². The van der Waals surface area contributed by atoms with Crippen LogP contribution in [0.2, 0.25) is 0 Å². The number of carbonyl (C=O) groups excluding carboxylic acids is 2. The molecule has 1 amide bonds. The predicted molar refractivity (Wildman–Crippen MR) is 54.8 cm³/mol. The van der Waals surface area contributed by atoms with Crippen LogP contribution in [-0.4, -0.2) is 26.6 Å². The van der Waals surface area contributed by atoms with Crippen molar-refractivity contribution in [1.29, 1.82) is 0 Å². The van der Waals surface area contributed by atoms with Crippen molar-refractivity contribution in [2.24, 2.45) is 0 Å². The van der Waals surface area contributed by atoms with E-state index in [9.17, 15) is 9.59 Å². The highest BCUT2D eigenvalue weighted by atomic mass is 16.2. The highest BCUT2D eigenvalue weighted by Crippen LogP contribution is 2.27. The molecule has 0 saturated heterocycles. The van der Waals surface area contributed by atoms with E-state index in [1.54, 1.807) is 24.7 Å². The van der Waals surface area contributed by atoms with Gasteiger partial charge in [0.15, 0.2) is 0 Å². The Kier molecular flexibility index (Phi) is 1.64. The Morgan fingerprint density at radius 2 is 2.06 bits per heavy atom. The number of amides is 1. The molecule has 0 fully saturated rings. The molecular formula is C10H6N4O2. The van der Waals surface area contributed by atoms with Gasteiger partial charge in [-0.05, 0) is 6.07 Å². The highest BCUT2D eigenvalue weighted by molar-refractivity contribution is 6.51. The summed E-state index contributed by atoms with van der Waals surface area (Å²) in [5, 5.41) is 2.47. The third kappa shape index (κ3) is 1.13. The molecule has 6 nitrogen and oxygen atoms in total. The number of carbonyl (C=O) groups is 2. The van der Waals surface area contributed by atoms with E-state index < -0.39 is 11.7 Å². The second-order valence-corrected chi connectivity index (χ2v) is 3.35. The number of ketones is 1. The number of rotatable bonds is 1. The van der Waals surface area contributed by atoms with Gasteiger partial charge in [-0.2, -0.15) is 0 Å². The van der Waals surface area contributed by atoms with Gasteiger partial charge in [0.2, 0.25) is 0 Å². The summed E-state index contributed by atoms with van der Waals surface area (Å²) in [6.07, 6.45) is 4.70. The molecule has 1 aliphatic rings. The van der Waals surface area contributed by atoms with Gasteiger partial charge in [-0.3, -0.25) is 19.6 Å². The van der Waals surface area contributed by atoms with Crippen molar-refractivity contribution in [3.05, 3.63) is 30.4 Å². The SMILES string of the molecule is O=C1Nc2cc(-c3cnccn3)[nH]c2C1=O. The molecule has 0 spiro atoms. The molecule has 0 unspecified atom stereocenters. The van der Waals surface area contributed by atoms with E-state index in [0.717, 1.165) is 0 Å². The molecule has 16 heavy (non-hydrogen) atoms. The molecule has 1 aliphatic heterocycles. The Morgan fingerprint density at radius 1 is 1.19 bits per heavy atom. The van der Waals surface area contributed by atoms with Crippen LogP contribution >= 0.6 is 0 Å². The summed E-state index contributed by atoms with van der Waals surface area (Å²) < 4.78 is 0. The van der Waals surface area contributed by atoms with Gasteiger partial charge in [0, 0.05) is 12.4 Å². The smallest absolute Gasteiger partial charge is 0.298 e. The van der Waals surface area contributed by atoms with Gasteiger partial charge in [0.05, 0.1) is 17.6 Å². The average molecular weight is 214 g/mol. The van der Waals surface area contributed by atoms with Gasteiger partial charge in [-0.25, -0.2) is 0 Å². The second-order valence-electron chi connectivity index (χ2n) is 3.35. The summed E-state index contributed by atoms with van der Waals surface area (Å²) in [7, 11) is 0. The lowest BCUT2D eigenvalue weighted by Gasteiger charge is -1.95. The molecule has 3 rings (SSSR count). The van der Waals surface area contributed by atoms with Crippen molar-refractivity contribution >= 4 is 17.4 Å². The Labute approximate surface area is 89.7 Å². The number of fused-ring (bicyclic) bond motifs is 1. The number of hydrogen-bond acceptors (Lipinski definition) is 4. The molecule has 0 radical (unpaired) electrons. The molecule has 0 atom stereocenters. The van der Waals surface area contributed by atoms with Gasteiger partial charge in [-0.15, -0.1) is 0 Å². The topological polar surface area (TPSA) is 87.7 Å². The van der Waals surface area contributed by atoms with Gasteiger partial charge in [-0.1, -0.05) is 0 Å². The van der Waals surface area contributed by atoms with E-state index >= 15 is 0 Å². The predicted octanol–water partition coefficient (Wildman–Crippen LogP) is 0.606. The van der Waals surface area contributed by atoms with E-state index in [1.807, 2.05) is 0 Å². The van der Waals surface area contributed by atoms with Gasteiger partial charge >= 0.3 is 0 Å². The molecule has 78 valence electrons. The van der Waals surface area contributed by atoms with E-state index in [-0.39, 0.29) is 5.69 Å². The average Bonchev–Trinajstić information content (AvgIpc) is 2.82. The third-order valence-electron chi connectivity index (χ3n) is 2.34. The number of hydrogen-bond donors (Lipinski definition) is 2. The summed E-state index contributed by atoms with van der Waals surface area (Å²) in [6.45, 7) is 0. The quantitative estimate of drug-likeness (QED) is 0.680. The number of H-pyrrole nitrogens is 1. The minimum absolute atomic E-state index is 0.283. The van der Waals surface area contributed by atoms with Gasteiger partial charge in [0.25, 0.3) is 11.7 Å². The lowest BCUT2D eigenvalue weighted by Crippen LogP contribution is -2.13. The fourth-order valence-corrected chi connectivity index (χ4v) is 1.60. The lowest BCUT2D eigenvalue weighted by atomic mass is 10.3. The van der Waals surface area contributed by atoms with Crippen LogP contribution in [0, 0.1) is 0 Å². The van der Waals surface area contributed by atoms with Gasteiger partial charge < -0.3 is 10.3 Å². The Bertz CT molecular complexity index is 588. The van der Waals surface area contributed by atoms with Crippen molar-refractivity contribution in [2.45, 2.75) is 0 Å². The molecule has 6 heteroatoms. The van der Waals surface area contributed by atoms with Crippen LogP contribution in [0.1, 0.15) is 10.5 Å². The molecule has 2 aromatic heterocycles. The van der Waals surface area contributed by atoms with E-state index in [1.165, 1.54) is 0 Å². The van der Waals surface area contributed by atoms with Gasteiger partial charge in [0.1, 0.15) is 11.4 Å². The molecule has 0 bridgehead atoms. The first-order chi connectivity index (χ1) is 7.75. The maximum Gasteiger partial charge on any atom is 0.298 e. The molecule has 0 saturated carbocycles. The van der Waals surface area contributed by atoms with E-state index in [4.69, 9.17) is 0 Å². The van der Waals surface area contributed by atoms with Crippen LogP contribution in [-0.2, 0) is 4.79 Å². The van der Waals surface area contributed by atoms with E-state index in [0.29, 0.717) is 17.1 Å². The Morgan fingerprint density at radius 3 is 2.75 bits per heavy atom. The zero-order valence-electron chi connectivity index (χ0n) is 8.02. The van der Waals surface area contributed by atoms with Crippen LogP contribution in [0.4, 0.5) is 5.69 Å². The molecule has 0 aromatic carbocycles. The molecule has 0 aliphatic carbocycles. The molecule has 2 N–H and O–H groups in total. The monoisotopic (exact) mass is 214 g/mol. The minimum atomic E-state index is -0.605. The molecule has 3 heterocycles. The largest absolute Gasteiger partial charge is 0.349 e. The highest BCUT2D eigenvalue weighted by Gasteiger charge is 2.30. The molecule has 2 aromatic rings. The zero-order chi connectivity index (χ0) is 11.1. The van der Waals surface area contributed by atoms with Crippen molar-refractivity contribution in [1.82, 2.24) is 15.0 Å². The fraction of sp³-hybridized carbons (Fsp3) is 0. The van der Waals surface area contributed by atoms with Crippen LogP contribution in [0.25, 0.3) is 11.4 Å². The van der Waals surface area contributed by atoms with Crippen molar-refractivity contribution in [3.8, 4) is 11.4 Å². The van der Waals surface area contributed by atoms with Crippen molar-refractivity contribution in [2.75, 3.05) is 5.32 Å². The Hall–Kier alpha value is -2.50. The maximum atomic E-state index is 11.4. The molecular weight excluding hydrogens is 208 g/mol. The zero-order valence-corrected chi connectivity index (χ0v) is 8.02. The maximum absolute atomic E-state index is 11.4. The number of aromatic nitrogens is 3. The number of anilines is 1. The lowest BCUT2D eigenvalue weighted by molar-refractivity contribution is -0.112. The second kappa shape index (κ2) is 2.99. The standard InChI is InChI=1S/C10H6N4O2/c15-9-8-6(14-10(9)16)3-5(13-8)7-4-11-1-2-12-7/h1-4,13H,(H,14,15,16). The van der Waals surface area contributed by atoms with Crippen LogP contribution in [0.15, 0.2) is 24.7 Å². The number of Topliss-reactive ketones (excluding diaryl/α,β-unsaturated/α-hetero) is 1. The third-order valence-corrected chi connectivity index (χ3v) is 2.34. The first-order valence-electron chi connectivity index (χ1n) is 4.61. The van der Waals surface area contributed by atoms with Crippen molar-refractivity contribution < 1.29 is 9.59 Å². The number of nitrogens with one attached hydrogen (secondary N) is 2. The van der Waals surface area contributed by atoms with Crippen LogP contribution in [0.5, 0.6) is 0 Å². The van der Waals surface area contributed by atoms with Crippen LogP contribution in [0.3, 0.4) is 0 Å². The summed E-state index contributed by atoms with van der Waals surface area (Å²) in [6, 6.07) is 1.67. The normalized spacial score (nSPS) is 13.8. The fourth-order valence-electron chi connectivity index (χ4n) is 1.60. The summed E-state index contributed by atoms with van der Waals surface area (Å²) in [4.78, 5) is 33.3. The summed E-state index contributed by atoms with van der Waals surface area (Å²) in [5.41, 5.74) is 2.06. The first kappa shape index (κ1) is 8.78. The summed E-state index contributed by atoms with van der Waals surface area (Å²) in [5.74, 6) is -1.16. The van der Waals surface area contributed by atoms with Crippen LogP contribution < -0.4 is 5.32 Å². The number of nitrogens with zero attached hydrogens (tertiary/aromatic N) is 2.